The number of hydrogen-bond acceptors (Lipinski definition) is 3. The fraction of sp³-hybridized carbons (Fsp3) is 0.0952. The molecule has 1 N–H and O–H groups in total. The maximum atomic E-state index is 12.4. The Bertz CT molecular complexity index is 887. The van der Waals surface area contributed by atoms with Crippen molar-refractivity contribution in [2.45, 2.75) is 12.6 Å². The Hall–Kier alpha value is -3.07. The van der Waals surface area contributed by atoms with Gasteiger partial charge in [-0.25, -0.2) is 4.79 Å². The van der Waals surface area contributed by atoms with E-state index in [1.54, 1.807) is 6.07 Å². The number of hydrogen-bond donors (Lipinski definition) is 1. The fourth-order valence-electron chi connectivity index (χ4n) is 3.11. The molecule has 3 nitrogen and oxygen atoms in total. The Labute approximate surface area is 140 Å². The standard InChI is InChI=1S/C21H17NO2/c1-15-11-13-17(14-12-15)22-21(16-7-3-2-4-8-16)19-10-6-5-9-18(19)20(23)24-21/h2-14,22H,1H3/t21-/m1/s1. The molecule has 3 aromatic carbocycles. The van der Waals surface area contributed by atoms with Crippen molar-refractivity contribution in [1.29, 1.82) is 0 Å². The number of ether oxygens (including phenoxy) is 1. The zero-order valence-corrected chi connectivity index (χ0v) is 13.3. The van der Waals surface area contributed by atoms with Crippen molar-refractivity contribution >= 4 is 11.7 Å². The molecule has 0 bridgehead atoms. The summed E-state index contributed by atoms with van der Waals surface area (Å²) in [5, 5.41) is 3.44. The highest BCUT2D eigenvalue weighted by molar-refractivity contribution is 5.96. The van der Waals surface area contributed by atoms with Crippen molar-refractivity contribution < 1.29 is 9.53 Å². The van der Waals surface area contributed by atoms with E-state index in [2.05, 4.69) is 5.32 Å². The lowest BCUT2D eigenvalue weighted by molar-refractivity contribution is 0.0212. The number of carbonyl (C=O) groups is 1. The predicted molar refractivity (Wildman–Crippen MR) is 93.9 cm³/mol. The van der Waals surface area contributed by atoms with Crippen LogP contribution in [-0.2, 0) is 10.5 Å². The second kappa shape index (κ2) is 5.53. The molecule has 24 heavy (non-hydrogen) atoms. The molecule has 0 amide bonds. The van der Waals surface area contributed by atoms with Crippen molar-refractivity contribution in [2.24, 2.45) is 0 Å². The lowest BCUT2D eigenvalue weighted by Crippen LogP contribution is -2.36. The molecule has 0 aliphatic carbocycles. The van der Waals surface area contributed by atoms with Gasteiger partial charge in [0.1, 0.15) is 0 Å². The molecule has 0 spiro atoms. The normalized spacial score (nSPS) is 18.8. The van der Waals surface area contributed by atoms with Gasteiger partial charge in [-0.15, -0.1) is 0 Å². The predicted octanol–water partition coefficient (Wildman–Crippen LogP) is 4.48. The van der Waals surface area contributed by atoms with Gasteiger partial charge in [0.25, 0.3) is 0 Å². The van der Waals surface area contributed by atoms with Gasteiger partial charge in [0.2, 0.25) is 5.72 Å². The van der Waals surface area contributed by atoms with Crippen LogP contribution >= 0.6 is 0 Å². The minimum Gasteiger partial charge on any atom is -0.427 e. The van der Waals surface area contributed by atoms with Gasteiger partial charge < -0.3 is 10.1 Å². The van der Waals surface area contributed by atoms with E-state index >= 15 is 0 Å². The molecule has 118 valence electrons. The fourth-order valence-corrected chi connectivity index (χ4v) is 3.11. The lowest BCUT2D eigenvalue weighted by atomic mass is 9.92. The van der Waals surface area contributed by atoms with Crippen LogP contribution in [0.2, 0.25) is 0 Å². The molecule has 0 saturated carbocycles. The van der Waals surface area contributed by atoms with Crippen LogP contribution in [0.25, 0.3) is 0 Å². The summed E-state index contributed by atoms with van der Waals surface area (Å²) in [5.74, 6) is -0.311. The molecule has 0 aromatic heterocycles. The van der Waals surface area contributed by atoms with Gasteiger partial charge in [0.15, 0.2) is 0 Å². The average molecular weight is 315 g/mol. The molecule has 0 saturated heterocycles. The van der Waals surface area contributed by atoms with Crippen LogP contribution in [-0.4, -0.2) is 5.97 Å². The molecule has 0 fully saturated rings. The summed E-state index contributed by atoms with van der Waals surface area (Å²) in [5.41, 5.74) is 3.39. The Morgan fingerprint density at radius 3 is 2.25 bits per heavy atom. The van der Waals surface area contributed by atoms with Crippen LogP contribution in [0.3, 0.4) is 0 Å². The topological polar surface area (TPSA) is 38.3 Å². The minimum absolute atomic E-state index is 0.311. The molecule has 3 aromatic rings. The van der Waals surface area contributed by atoms with Crippen LogP contribution in [0.5, 0.6) is 0 Å². The van der Waals surface area contributed by atoms with E-state index in [-0.39, 0.29) is 5.97 Å². The zero-order chi connectivity index (χ0) is 16.6. The van der Waals surface area contributed by atoms with Gasteiger partial charge in [-0.05, 0) is 25.1 Å². The monoisotopic (exact) mass is 315 g/mol. The van der Waals surface area contributed by atoms with Crippen molar-refractivity contribution in [2.75, 3.05) is 5.32 Å². The van der Waals surface area contributed by atoms with E-state index in [0.717, 1.165) is 16.8 Å². The maximum absolute atomic E-state index is 12.4. The number of anilines is 1. The van der Waals surface area contributed by atoms with Gasteiger partial charge in [0, 0.05) is 16.8 Å². The first-order chi connectivity index (χ1) is 11.7. The number of cyclic esters (lactones) is 1. The first-order valence-electron chi connectivity index (χ1n) is 7.92. The van der Waals surface area contributed by atoms with Gasteiger partial charge in [-0.3, -0.25) is 0 Å². The third-order valence-electron chi connectivity index (χ3n) is 4.32. The molecule has 1 atom stereocenters. The molecular formula is C21H17NO2. The quantitative estimate of drug-likeness (QED) is 0.724. The largest absolute Gasteiger partial charge is 0.427 e. The number of nitrogens with one attached hydrogen (secondary N) is 1. The molecule has 0 radical (unpaired) electrons. The Kier molecular flexibility index (Phi) is 3.35. The molecule has 1 aliphatic heterocycles. The van der Waals surface area contributed by atoms with Gasteiger partial charge in [-0.1, -0.05) is 66.2 Å². The lowest BCUT2D eigenvalue weighted by Gasteiger charge is -2.31. The molecule has 3 heteroatoms. The van der Waals surface area contributed by atoms with E-state index in [9.17, 15) is 4.79 Å². The summed E-state index contributed by atoms with van der Waals surface area (Å²) >= 11 is 0. The van der Waals surface area contributed by atoms with Crippen LogP contribution in [0.4, 0.5) is 5.69 Å². The Morgan fingerprint density at radius 1 is 0.833 bits per heavy atom. The summed E-state index contributed by atoms with van der Waals surface area (Å²) in [7, 11) is 0. The van der Waals surface area contributed by atoms with Crippen LogP contribution in [0.1, 0.15) is 27.0 Å². The number of esters is 1. The van der Waals surface area contributed by atoms with E-state index in [0.29, 0.717) is 5.56 Å². The number of aryl methyl sites for hydroxylation is 1. The highest BCUT2D eigenvalue weighted by Gasteiger charge is 2.47. The van der Waals surface area contributed by atoms with Crippen molar-refractivity contribution in [3.63, 3.8) is 0 Å². The smallest absolute Gasteiger partial charge is 0.341 e. The maximum Gasteiger partial charge on any atom is 0.341 e. The van der Waals surface area contributed by atoms with Crippen LogP contribution < -0.4 is 5.32 Å². The second-order valence-electron chi connectivity index (χ2n) is 5.97. The molecule has 0 unspecified atom stereocenters. The highest BCUT2D eigenvalue weighted by Crippen LogP contribution is 2.42. The molecular weight excluding hydrogens is 298 g/mol. The number of rotatable bonds is 3. The molecule has 1 heterocycles. The van der Waals surface area contributed by atoms with E-state index in [1.807, 2.05) is 79.7 Å². The van der Waals surface area contributed by atoms with Gasteiger partial charge >= 0.3 is 5.97 Å². The van der Waals surface area contributed by atoms with E-state index in [1.165, 1.54) is 5.56 Å². The third-order valence-corrected chi connectivity index (χ3v) is 4.32. The molecule has 1 aliphatic rings. The number of carbonyl (C=O) groups excluding carboxylic acids is 1. The van der Waals surface area contributed by atoms with Crippen molar-refractivity contribution in [3.8, 4) is 0 Å². The Morgan fingerprint density at radius 2 is 1.50 bits per heavy atom. The second-order valence-corrected chi connectivity index (χ2v) is 5.97. The number of benzene rings is 3. The summed E-state index contributed by atoms with van der Waals surface area (Å²) in [6.45, 7) is 2.04. The first kappa shape index (κ1) is 14.5. The van der Waals surface area contributed by atoms with Gasteiger partial charge in [-0.2, -0.15) is 0 Å². The van der Waals surface area contributed by atoms with Crippen molar-refractivity contribution in [1.82, 2.24) is 0 Å². The average Bonchev–Trinajstić information content (AvgIpc) is 2.91. The summed E-state index contributed by atoms with van der Waals surface area (Å²) in [6.07, 6.45) is 0. The van der Waals surface area contributed by atoms with Gasteiger partial charge in [0.05, 0.1) is 5.56 Å². The summed E-state index contributed by atoms with van der Waals surface area (Å²) in [6, 6.07) is 25.4. The third kappa shape index (κ3) is 2.26. The highest BCUT2D eigenvalue weighted by atomic mass is 16.6. The minimum atomic E-state index is -1.01. The first-order valence-corrected chi connectivity index (χ1v) is 7.92. The summed E-state index contributed by atoms with van der Waals surface area (Å²) < 4.78 is 5.89. The van der Waals surface area contributed by atoms with Crippen molar-refractivity contribution in [3.05, 3.63) is 101 Å². The summed E-state index contributed by atoms with van der Waals surface area (Å²) in [4.78, 5) is 12.4. The van der Waals surface area contributed by atoms with E-state index < -0.39 is 5.72 Å². The van der Waals surface area contributed by atoms with E-state index in [4.69, 9.17) is 4.74 Å². The Balaban J connectivity index is 1.89. The zero-order valence-electron chi connectivity index (χ0n) is 13.3. The van der Waals surface area contributed by atoms with Crippen LogP contribution in [0.15, 0.2) is 78.9 Å². The molecule has 4 rings (SSSR count). The SMILES string of the molecule is Cc1ccc(N[C@]2(c3ccccc3)OC(=O)c3ccccc32)cc1. The van der Waals surface area contributed by atoms with Crippen LogP contribution in [0, 0.1) is 6.92 Å². The number of fused-ring (bicyclic) bond motifs is 1.